The summed E-state index contributed by atoms with van der Waals surface area (Å²) in [5, 5.41) is 4.24. The smallest absolute Gasteiger partial charge is 0.244 e. The van der Waals surface area contributed by atoms with Crippen LogP contribution in [0, 0.1) is 6.92 Å². The van der Waals surface area contributed by atoms with Gasteiger partial charge in [0, 0.05) is 33.4 Å². The van der Waals surface area contributed by atoms with Gasteiger partial charge < -0.3 is 9.88 Å². The molecule has 1 amide bonds. The number of rotatable bonds is 3. The van der Waals surface area contributed by atoms with E-state index in [0.717, 1.165) is 5.56 Å². The lowest BCUT2D eigenvalue weighted by Gasteiger charge is -2.12. The summed E-state index contributed by atoms with van der Waals surface area (Å²) >= 11 is 11.9. The second-order valence-electron chi connectivity index (χ2n) is 5.53. The lowest BCUT2D eigenvalue weighted by molar-refractivity contribution is -0.116. The van der Waals surface area contributed by atoms with Crippen LogP contribution in [0.5, 0.6) is 0 Å². The summed E-state index contributed by atoms with van der Waals surface area (Å²) in [5.74, 6) is -0.237. The van der Waals surface area contributed by atoms with Crippen molar-refractivity contribution in [1.82, 2.24) is 4.57 Å². The largest absolute Gasteiger partial charge is 0.338 e. The van der Waals surface area contributed by atoms with Crippen molar-refractivity contribution in [1.29, 1.82) is 0 Å². The molecule has 0 bridgehead atoms. The molecule has 6 heteroatoms. The fourth-order valence-electron chi connectivity index (χ4n) is 2.54. The van der Waals surface area contributed by atoms with E-state index in [4.69, 9.17) is 23.2 Å². The van der Waals surface area contributed by atoms with Crippen LogP contribution >= 0.6 is 23.2 Å². The molecule has 0 aliphatic heterocycles. The van der Waals surface area contributed by atoms with Gasteiger partial charge in [-0.1, -0.05) is 34.8 Å². The number of nitrogens with zero attached hydrogens (tertiary/aromatic N) is 1. The Morgan fingerprint density at radius 3 is 2.50 bits per heavy atom. The van der Waals surface area contributed by atoms with Gasteiger partial charge in [-0.2, -0.15) is 0 Å². The number of halogens is 2. The molecule has 1 N–H and O–H groups in total. The number of amides is 1. The Kier molecular flexibility index (Phi) is 4.60. The number of carbonyl (C=O) groups is 1. The molecule has 4 nitrogen and oxygen atoms in total. The zero-order valence-corrected chi connectivity index (χ0v) is 14.4. The second-order valence-corrected chi connectivity index (χ2v) is 6.41. The summed E-state index contributed by atoms with van der Waals surface area (Å²) in [5.41, 5.74) is 2.17. The number of anilines is 1. The summed E-state index contributed by atoms with van der Waals surface area (Å²) in [6, 6.07) is 11.9. The van der Waals surface area contributed by atoms with E-state index in [2.05, 4.69) is 5.32 Å². The average molecular weight is 361 g/mol. The molecule has 2 aromatic carbocycles. The number of fused-ring (bicyclic) bond motifs is 1. The standard InChI is InChI=1S/C18H14Cl2N2O2/c1-11-2-3-16-15(6-11)17(23)4-5-22(16)10-18(24)21-14-8-12(19)7-13(20)9-14/h2-9H,10H2,1H3,(H,21,24). The van der Waals surface area contributed by atoms with Gasteiger partial charge in [0.25, 0.3) is 0 Å². The van der Waals surface area contributed by atoms with Gasteiger partial charge in [0.15, 0.2) is 5.43 Å². The minimum Gasteiger partial charge on any atom is -0.338 e. The number of pyridine rings is 1. The van der Waals surface area contributed by atoms with Gasteiger partial charge in [0.05, 0.1) is 5.52 Å². The minimum atomic E-state index is -0.237. The lowest BCUT2D eigenvalue weighted by Crippen LogP contribution is -2.20. The molecular formula is C18H14Cl2N2O2. The molecule has 0 aliphatic rings. The van der Waals surface area contributed by atoms with Crippen LogP contribution in [0.4, 0.5) is 5.69 Å². The van der Waals surface area contributed by atoms with Crippen LogP contribution in [-0.2, 0) is 11.3 Å². The SMILES string of the molecule is Cc1ccc2c(c1)c(=O)ccn2CC(=O)Nc1cc(Cl)cc(Cl)c1. The van der Waals surface area contributed by atoms with E-state index in [1.54, 1.807) is 29.0 Å². The second kappa shape index (κ2) is 6.67. The third kappa shape index (κ3) is 3.61. The molecule has 0 atom stereocenters. The molecule has 1 heterocycles. The Morgan fingerprint density at radius 1 is 1.08 bits per heavy atom. The van der Waals surface area contributed by atoms with E-state index in [0.29, 0.717) is 26.6 Å². The molecule has 0 saturated carbocycles. The maximum Gasteiger partial charge on any atom is 0.244 e. The number of carbonyl (C=O) groups excluding carboxylic acids is 1. The van der Waals surface area contributed by atoms with Gasteiger partial charge in [-0.05, 0) is 37.3 Å². The number of aryl methyl sites for hydroxylation is 1. The topological polar surface area (TPSA) is 51.1 Å². The highest BCUT2D eigenvalue weighted by Crippen LogP contribution is 2.22. The first-order valence-corrected chi connectivity index (χ1v) is 8.04. The minimum absolute atomic E-state index is 0.0630. The Morgan fingerprint density at radius 2 is 1.79 bits per heavy atom. The van der Waals surface area contributed by atoms with E-state index in [1.165, 1.54) is 6.07 Å². The van der Waals surface area contributed by atoms with Crippen molar-refractivity contribution in [3.05, 3.63) is 74.5 Å². The molecule has 24 heavy (non-hydrogen) atoms. The number of hydrogen-bond acceptors (Lipinski definition) is 2. The highest BCUT2D eigenvalue weighted by molar-refractivity contribution is 6.35. The summed E-state index contributed by atoms with van der Waals surface area (Å²) in [6.45, 7) is 2.00. The van der Waals surface area contributed by atoms with Crippen molar-refractivity contribution in [2.45, 2.75) is 13.5 Å². The molecular weight excluding hydrogens is 347 g/mol. The zero-order valence-electron chi connectivity index (χ0n) is 12.8. The Labute approximate surface area is 148 Å². The van der Waals surface area contributed by atoms with Gasteiger partial charge >= 0.3 is 0 Å². The molecule has 0 fully saturated rings. The Bertz CT molecular complexity index is 976. The molecule has 3 aromatic rings. The molecule has 0 saturated heterocycles. The predicted molar refractivity (Wildman–Crippen MR) is 98.0 cm³/mol. The normalized spacial score (nSPS) is 10.8. The fourth-order valence-corrected chi connectivity index (χ4v) is 3.07. The van der Waals surface area contributed by atoms with E-state index < -0.39 is 0 Å². The van der Waals surface area contributed by atoms with Gasteiger partial charge in [-0.3, -0.25) is 9.59 Å². The van der Waals surface area contributed by atoms with Crippen LogP contribution in [0.2, 0.25) is 10.0 Å². The van der Waals surface area contributed by atoms with E-state index in [-0.39, 0.29) is 17.9 Å². The van der Waals surface area contributed by atoms with Crippen molar-refractivity contribution in [3.8, 4) is 0 Å². The van der Waals surface area contributed by atoms with Crippen molar-refractivity contribution in [2.24, 2.45) is 0 Å². The molecule has 0 spiro atoms. The van der Waals surface area contributed by atoms with E-state index in [9.17, 15) is 9.59 Å². The number of aromatic nitrogens is 1. The maximum atomic E-state index is 12.3. The number of nitrogens with one attached hydrogen (secondary N) is 1. The molecule has 1 aromatic heterocycles. The number of benzene rings is 2. The van der Waals surface area contributed by atoms with Crippen LogP contribution in [-0.4, -0.2) is 10.5 Å². The van der Waals surface area contributed by atoms with Crippen LogP contribution in [0.25, 0.3) is 10.9 Å². The van der Waals surface area contributed by atoms with Crippen molar-refractivity contribution >= 4 is 45.7 Å². The average Bonchev–Trinajstić information content (AvgIpc) is 2.49. The highest BCUT2D eigenvalue weighted by Gasteiger charge is 2.08. The van der Waals surface area contributed by atoms with Crippen molar-refractivity contribution in [2.75, 3.05) is 5.32 Å². The fraction of sp³-hybridized carbons (Fsp3) is 0.111. The van der Waals surface area contributed by atoms with Crippen LogP contribution in [0.15, 0.2) is 53.5 Å². The molecule has 0 radical (unpaired) electrons. The quantitative estimate of drug-likeness (QED) is 0.758. The van der Waals surface area contributed by atoms with Gasteiger partial charge in [0.2, 0.25) is 5.91 Å². The predicted octanol–water partition coefficient (Wildman–Crippen LogP) is 4.26. The number of hydrogen-bond donors (Lipinski definition) is 1. The summed E-state index contributed by atoms with van der Waals surface area (Å²) in [6.07, 6.45) is 1.62. The van der Waals surface area contributed by atoms with Gasteiger partial charge in [-0.15, -0.1) is 0 Å². The van der Waals surface area contributed by atoms with Crippen LogP contribution in [0.3, 0.4) is 0 Å². The third-order valence-corrected chi connectivity index (χ3v) is 4.03. The Hall–Kier alpha value is -2.30. The summed E-state index contributed by atoms with van der Waals surface area (Å²) in [4.78, 5) is 24.3. The summed E-state index contributed by atoms with van der Waals surface area (Å²) < 4.78 is 1.73. The lowest BCUT2D eigenvalue weighted by atomic mass is 10.1. The monoisotopic (exact) mass is 360 g/mol. The van der Waals surface area contributed by atoms with Crippen LogP contribution in [0.1, 0.15) is 5.56 Å². The first kappa shape index (κ1) is 16.6. The first-order chi connectivity index (χ1) is 11.4. The van der Waals surface area contributed by atoms with Gasteiger partial charge in [0.1, 0.15) is 6.54 Å². The van der Waals surface area contributed by atoms with Crippen molar-refractivity contribution in [3.63, 3.8) is 0 Å². The summed E-state index contributed by atoms with van der Waals surface area (Å²) in [7, 11) is 0. The highest BCUT2D eigenvalue weighted by atomic mass is 35.5. The zero-order chi connectivity index (χ0) is 17.3. The molecule has 0 unspecified atom stereocenters. The maximum absolute atomic E-state index is 12.3. The molecule has 0 aliphatic carbocycles. The third-order valence-electron chi connectivity index (χ3n) is 3.59. The van der Waals surface area contributed by atoms with Crippen molar-refractivity contribution < 1.29 is 4.79 Å². The van der Waals surface area contributed by atoms with Crippen LogP contribution < -0.4 is 10.7 Å². The van der Waals surface area contributed by atoms with Gasteiger partial charge in [-0.25, -0.2) is 0 Å². The Balaban J connectivity index is 1.88. The molecule has 3 rings (SSSR count). The van der Waals surface area contributed by atoms with E-state index in [1.807, 2.05) is 25.1 Å². The first-order valence-electron chi connectivity index (χ1n) is 7.28. The molecule has 122 valence electrons. The van der Waals surface area contributed by atoms with E-state index >= 15 is 0 Å².